The van der Waals surface area contributed by atoms with Crippen LogP contribution in [0.3, 0.4) is 0 Å². The minimum atomic E-state index is -5.05. The molecule has 1 aliphatic rings. The van der Waals surface area contributed by atoms with Gasteiger partial charge in [0.15, 0.2) is 0 Å². The number of aromatic amines is 1. The molecule has 3 N–H and O–H groups in total. The normalized spacial score (nSPS) is 17.9. The van der Waals surface area contributed by atoms with Gasteiger partial charge in [0, 0.05) is 43.0 Å². The van der Waals surface area contributed by atoms with Crippen LogP contribution < -0.4 is 15.8 Å². The summed E-state index contributed by atoms with van der Waals surface area (Å²) >= 11 is 0. The smallest absolute Gasteiger partial charge is 0.417 e. The first-order valence-corrected chi connectivity index (χ1v) is 12.2. The second-order valence-corrected chi connectivity index (χ2v) is 9.81. The first-order valence-electron chi connectivity index (χ1n) is 12.2. The number of nitrogens with zero attached hydrogens (tertiary/aromatic N) is 2. The van der Waals surface area contributed by atoms with Crippen LogP contribution in [0.15, 0.2) is 41.3 Å². The lowest BCUT2D eigenvalue weighted by Crippen LogP contribution is -2.55. The highest BCUT2D eigenvalue weighted by Crippen LogP contribution is 2.38. The molecule has 0 spiro atoms. The van der Waals surface area contributed by atoms with Crippen molar-refractivity contribution < 1.29 is 41.0 Å². The third kappa shape index (κ3) is 5.92. The number of alkyl halides is 3. The van der Waals surface area contributed by atoms with E-state index < -0.39 is 68.9 Å². The molecule has 1 aliphatic heterocycles. The van der Waals surface area contributed by atoms with Crippen molar-refractivity contribution in [3.63, 3.8) is 0 Å². The number of benzene rings is 2. The van der Waals surface area contributed by atoms with Crippen LogP contribution in [-0.4, -0.2) is 59.1 Å². The number of carbonyl (C=O) groups excluding carboxylic acids is 1. The zero-order valence-corrected chi connectivity index (χ0v) is 21.9. The fourth-order valence-corrected chi connectivity index (χ4v) is 4.76. The first kappa shape index (κ1) is 29.6. The molecule has 41 heavy (non-hydrogen) atoms. The molecule has 2 atom stereocenters. The van der Waals surface area contributed by atoms with Crippen LogP contribution in [0, 0.1) is 17.5 Å². The number of carboxylic acids is 1. The van der Waals surface area contributed by atoms with Crippen LogP contribution in [0.5, 0.6) is 0 Å². The Kier molecular flexibility index (Phi) is 7.89. The number of rotatable bonds is 5. The Morgan fingerprint density at radius 2 is 1.56 bits per heavy atom. The quantitative estimate of drug-likeness (QED) is 0.368. The minimum absolute atomic E-state index is 0.0483. The van der Waals surface area contributed by atoms with Gasteiger partial charge >= 0.3 is 12.1 Å². The van der Waals surface area contributed by atoms with E-state index in [1.54, 1.807) is 4.90 Å². The molecule has 8 nitrogen and oxygen atoms in total. The molecular weight excluding hydrogens is 558 g/mol. The molecule has 3 aromatic rings. The number of nitrogens with one attached hydrogen (secondary N) is 2. The molecular formula is C27H24F6N4O4. The summed E-state index contributed by atoms with van der Waals surface area (Å²) in [6, 6.07) is 3.31. The zero-order valence-electron chi connectivity index (χ0n) is 21.9. The molecule has 2 aromatic carbocycles. The van der Waals surface area contributed by atoms with Crippen molar-refractivity contribution in [1.29, 1.82) is 0 Å². The number of carbonyl (C=O) groups is 2. The zero-order chi connectivity index (χ0) is 30.4. The van der Waals surface area contributed by atoms with E-state index in [2.05, 4.69) is 10.2 Å². The van der Waals surface area contributed by atoms with E-state index in [-0.39, 0.29) is 29.5 Å². The number of aromatic nitrogens is 1. The summed E-state index contributed by atoms with van der Waals surface area (Å²) in [5, 5.41) is 11.4. The number of carboxylic acid groups (broad SMARTS) is 1. The Morgan fingerprint density at radius 1 is 0.976 bits per heavy atom. The summed E-state index contributed by atoms with van der Waals surface area (Å²) in [4.78, 5) is 41.6. The number of amides is 1. The Balaban J connectivity index is 1.87. The van der Waals surface area contributed by atoms with Gasteiger partial charge in [-0.2, -0.15) is 13.2 Å². The lowest BCUT2D eigenvalue weighted by Gasteiger charge is -2.44. The summed E-state index contributed by atoms with van der Waals surface area (Å²) in [7, 11) is 1.89. The van der Waals surface area contributed by atoms with Crippen molar-refractivity contribution in [3.8, 4) is 11.1 Å². The molecule has 0 unspecified atom stereocenters. The van der Waals surface area contributed by atoms with Gasteiger partial charge in [-0.05, 0) is 50.7 Å². The van der Waals surface area contributed by atoms with Crippen molar-refractivity contribution in [2.24, 2.45) is 0 Å². The number of anilines is 2. The van der Waals surface area contributed by atoms with E-state index >= 15 is 4.39 Å². The molecule has 1 saturated heterocycles. The molecule has 4 rings (SSSR count). The van der Waals surface area contributed by atoms with Crippen molar-refractivity contribution in [1.82, 2.24) is 9.88 Å². The molecule has 1 amide bonds. The monoisotopic (exact) mass is 582 g/mol. The molecule has 218 valence electrons. The van der Waals surface area contributed by atoms with Gasteiger partial charge in [-0.15, -0.1) is 0 Å². The van der Waals surface area contributed by atoms with Crippen molar-refractivity contribution in [3.05, 3.63) is 81.0 Å². The number of pyridine rings is 1. The summed E-state index contributed by atoms with van der Waals surface area (Å²) in [6.45, 7) is 4.48. The minimum Gasteiger partial charge on any atom is -0.477 e. The predicted octanol–water partition coefficient (Wildman–Crippen LogP) is 4.96. The van der Waals surface area contributed by atoms with Gasteiger partial charge in [-0.1, -0.05) is 0 Å². The van der Waals surface area contributed by atoms with Gasteiger partial charge < -0.3 is 20.3 Å². The van der Waals surface area contributed by atoms with Crippen LogP contribution in [0.4, 0.5) is 37.7 Å². The summed E-state index contributed by atoms with van der Waals surface area (Å²) in [5.41, 5.74) is -5.72. The van der Waals surface area contributed by atoms with E-state index in [4.69, 9.17) is 5.11 Å². The van der Waals surface area contributed by atoms with Gasteiger partial charge in [0.25, 0.3) is 5.91 Å². The van der Waals surface area contributed by atoms with Gasteiger partial charge in [-0.3, -0.25) is 14.5 Å². The topological polar surface area (TPSA) is 106 Å². The van der Waals surface area contributed by atoms with Gasteiger partial charge in [0.2, 0.25) is 5.56 Å². The van der Waals surface area contributed by atoms with E-state index in [9.17, 15) is 36.3 Å². The summed E-state index contributed by atoms with van der Waals surface area (Å²) in [5.74, 6) is -7.12. The van der Waals surface area contributed by atoms with Crippen molar-refractivity contribution >= 4 is 23.3 Å². The molecule has 2 heterocycles. The fraction of sp³-hybridized carbons (Fsp3) is 0.296. The largest absolute Gasteiger partial charge is 0.477 e. The highest BCUT2D eigenvalue weighted by molar-refractivity contribution is 6.07. The van der Waals surface area contributed by atoms with Crippen LogP contribution >= 0.6 is 0 Å². The number of halogens is 6. The number of aromatic carboxylic acids is 1. The third-order valence-corrected chi connectivity index (χ3v) is 7.08. The Hall–Kier alpha value is -4.33. The standard InChI is InChI=1S/C27H24F6N4O4/c1-12-10-37(11-13(2)36(12)3)22-8-18(28)15(14-4-19(29)24(26(40)41)20(30)5-14)6-21(22)35-25(39)16-9-34-23(38)7-17(16)27(31,32)33/h4-9,12-13H,10-11H2,1-3H3,(H,34,38)(H,35,39)(H,40,41)/t12-,13+. The molecule has 0 saturated carbocycles. The van der Waals surface area contributed by atoms with E-state index in [1.165, 1.54) is 0 Å². The summed E-state index contributed by atoms with van der Waals surface area (Å²) < 4.78 is 85.2. The SMILES string of the molecule is C[C@@H]1CN(c2cc(F)c(-c3cc(F)c(C(=O)O)c(F)c3)cc2NC(=O)c2c[nH]c(=O)cc2C(F)(F)F)C[C@H](C)N1C. The number of likely N-dealkylation sites (N-methyl/N-ethyl adjacent to an activating group) is 1. The maximum atomic E-state index is 15.5. The number of H-pyrrole nitrogens is 1. The van der Waals surface area contributed by atoms with Crippen LogP contribution in [0.2, 0.25) is 0 Å². The van der Waals surface area contributed by atoms with Crippen molar-refractivity contribution in [2.45, 2.75) is 32.1 Å². The Labute approximate surface area is 229 Å². The van der Waals surface area contributed by atoms with E-state index in [0.29, 0.717) is 31.4 Å². The number of hydrogen-bond donors (Lipinski definition) is 3. The third-order valence-electron chi connectivity index (χ3n) is 7.08. The highest BCUT2D eigenvalue weighted by atomic mass is 19.4. The maximum absolute atomic E-state index is 15.5. The number of piperazine rings is 1. The van der Waals surface area contributed by atoms with Crippen LogP contribution in [0.25, 0.3) is 11.1 Å². The summed E-state index contributed by atoms with van der Waals surface area (Å²) in [6.07, 6.45) is -4.46. The molecule has 0 aliphatic carbocycles. The molecule has 0 bridgehead atoms. The van der Waals surface area contributed by atoms with Gasteiger partial charge in [0.05, 0.1) is 22.5 Å². The highest BCUT2D eigenvalue weighted by Gasteiger charge is 2.36. The Bertz CT molecular complexity index is 1550. The van der Waals surface area contributed by atoms with Gasteiger partial charge in [0.1, 0.15) is 23.0 Å². The van der Waals surface area contributed by atoms with Crippen molar-refractivity contribution in [2.75, 3.05) is 30.4 Å². The molecule has 0 radical (unpaired) electrons. The average molecular weight is 583 g/mol. The predicted molar refractivity (Wildman–Crippen MR) is 138 cm³/mol. The molecule has 1 fully saturated rings. The fourth-order valence-electron chi connectivity index (χ4n) is 4.76. The van der Waals surface area contributed by atoms with Crippen LogP contribution in [0.1, 0.15) is 40.1 Å². The number of hydrogen-bond acceptors (Lipinski definition) is 5. The second-order valence-electron chi connectivity index (χ2n) is 9.81. The van der Waals surface area contributed by atoms with E-state index in [0.717, 1.165) is 12.1 Å². The molecule has 14 heteroatoms. The lowest BCUT2D eigenvalue weighted by atomic mass is 9.99. The first-order chi connectivity index (χ1) is 19.1. The van der Waals surface area contributed by atoms with Crippen LogP contribution in [-0.2, 0) is 6.18 Å². The average Bonchev–Trinajstić information content (AvgIpc) is 2.86. The second kappa shape index (κ2) is 10.9. The van der Waals surface area contributed by atoms with E-state index in [1.807, 2.05) is 25.9 Å². The van der Waals surface area contributed by atoms with Gasteiger partial charge in [-0.25, -0.2) is 18.0 Å². The maximum Gasteiger partial charge on any atom is 0.417 e. The Morgan fingerprint density at radius 3 is 2.10 bits per heavy atom. The molecule has 1 aromatic heterocycles. The lowest BCUT2D eigenvalue weighted by molar-refractivity contribution is -0.138.